The van der Waals surface area contributed by atoms with Gasteiger partial charge in [0.1, 0.15) is 28.9 Å². The SMILES string of the molecule is CN(c1ccccc1)c1ncnc2c(N3CC[S+]([O-])CC3)nc(NCCO)nc12. The van der Waals surface area contributed by atoms with E-state index in [4.69, 9.17) is 0 Å². The summed E-state index contributed by atoms with van der Waals surface area (Å²) in [6.45, 7) is 1.60. The molecule has 4 rings (SSSR count). The number of aliphatic hydroxyl groups is 1. The van der Waals surface area contributed by atoms with Crippen molar-refractivity contribution in [2.75, 3.05) is 59.9 Å². The number of nitrogens with one attached hydrogen (secondary N) is 1. The van der Waals surface area contributed by atoms with Crippen LogP contribution in [0.5, 0.6) is 0 Å². The molecule has 3 aromatic rings. The molecule has 0 atom stereocenters. The number of para-hydroxylation sites is 1. The molecule has 1 aliphatic heterocycles. The average Bonchev–Trinajstić information content (AvgIpc) is 2.77. The van der Waals surface area contributed by atoms with Gasteiger partial charge in [-0.2, -0.15) is 4.98 Å². The molecule has 1 fully saturated rings. The molecule has 0 bridgehead atoms. The van der Waals surface area contributed by atoms with Crippen molar-refractivity contribution in [3.05, 3.63) is 36.7 Å². The highest BCUT2D eigenvalue weighted by molar-refractivity contribution is 7.91. The van der Waals surface area contributed by atoms with Crippen LogP contribution in [0, 0.1) is 0 Å². The molecule has 0 spiro atoms. The van der Waals surface area contributed by atoms with E-state index >= 15 is 0 Å². The van der Waals surface area contributed by atoms with E-state index in [0.717, 1.165) is 5.69 Å². The second-order valence-corrected chi connectivity index (χ2v) is 8.34. The standard InChI is InChI=1S/C19H23N7O2S/c1-25(14-5-3-2-4-6-14)17-16-15(21-13-22-17)18(24-19(23-16)20-7-10-27)26-8-11-29(28)12-9-26/h2-6,13,27H,7-12H2,1H3,(H,20,23,24). The van der Waals surface area contributed by atoms with Gasteiger partial charge in [0.05, 0.1) is 19.7 Å². The number of fused-ring (bicyclic) bond motifs is 1. The van der Waals surface area contributed by atoms with E-state index in [-0.39, 0.29) is 6.61 Å². The minimum atomic E-state index is -0.790. The van der Waals surface area contributed by atoms with Gasteiger partial charge in [0.2, 0.25) is 5.95 Å². The molecule has 0 radical (unpaired) electrons. The zero-order valence-electron chi connectivity index (χ0n) is 16.2. The van der Waals surface area contributed by atoms with Crippen LogP contribution >= 0.6 is 0 Å². The Morgan fingerprint density at radius 2 is 1.90 bits per heavy atom. The molecule has 29 heavy (non-hydrogen) atoms. The van der Waals surface area contributed by atoms with E-state index < -0.39 is 11.2 Å². The summed E-state index contributed by atoms with van der Waals surface area (Å²) in [4.78, 5) is 22.3. The minimum Gasteiger partial charge on any atom is -0.616 e. The van der Waals surface area contributed by atoms with Crippen LogP contribution in [0.1, 0.15) is 0 Å². The highest BCUT2D eigenvalue weighted by Gasteiger charge is 2.25. The molecule has 0 aliphatic carbocycles. The maximum atomic E-state index is 11.8. The molecule has 0 amide bonds. The minimum absolute atomic E-state index is 0.0263. The summed E-state index contributed by atoms with van der Waals surface area (Å²) in [6, 6.07) is 9.91. The zero-order valence-corrected chi connectivity index (χ0v) is 17.0. The number of hydrogen-bond donors (Lipinski definition) is 2. The first-order valence-electron chi connectivity index (χ1n) is 9.43. The van der Waals surface area contributed by atoms with Crippen molar-refractivity contribution in [2.24, 2.45) is 0 Å². The van der Waals surface area contributed by atoms with Gasteiger partial charge in [-0.05, 0) is 12.1 Å². The predicted octanol–water partition coefficient (Wildman–Crippen LogP) is 1.16. The van der Waals surface area contributed by atoms with Crippen LogP contribution in [0.2, 0.25) is 0 Å². The first kappa shape index (κ1) is 19.6. The van der Waals surface area contributed by atoms with E-state index in [0.29, 0.717) is 59.8 Å². The van der Waals surface area contributed by atoms with Crippen molar-refractivity contribution in [1.29, 1.82) is 0 Å². The Morgan fingerprint density at radius 3 is 2.62 bits per heavy atom. The third-order valence-electron chi connectivity index (χ3n) is 4.78. The highest BCUT2D eigenvalue weighted by atomic mass is 32.2. The Labute approximate surface area is 172 Å². The monoisotopic (exact) mass is 413 g/mol. The van der Waals surface area contributed by atoms with Crippen molar-refractivity contribution in [2.45, 2.75) is 0 Å². The summed E-state index contributed by atoms with van der Waals surface area (Å²) < 4.78 is 11.8. The highest BCUT2D eigenvalue weighted by Crippen LogP contribution is 2.32. The van der Waals surface area contributed by atoms with Crippen LogP contribution in [-0.4, -0.2) is 74.4 Å². The molecule has 0 unspecified atom stereocenters. The number of anilines is 4. The lowest BCUT2D eigenvalue weighted by Gasteiger charge is -2.30. The van der Waals surface area contributed by atoms with Crippen molar-refractivity contribution < 1.29 is 9.66 Å². The summed E-state index contributed by atoms with van der Waals surface area (Å²) in [7, 11) is 1.93. The molecule has 1 saturated heterocycles. The first-order chi connectivity index (χ1) is 14.2. The Hall–Kier alpha value is -2.69. The number of rotatable bonds is 6. The van der Waals surface area contributed by atoms with E-state index in [1.807, 2.05) is 42.3 Å². The summed E-state index contributed by atoms with van der Waals surface area (Å²) in [5.74, 6) is 2.97. The topological polar surface area (TPSA) is 113 Å². The number of hydrogen-bond acceptors (Lipinski definition) is 9. The molecular weight excluding hydrogens is 390 g/mol. The normalized spacial score (nSPS) is 14.9. The fourth-order valence-electron chi connectivity index (χ4n) is 3.26. The van der Waals surface area contributed by atoms with E-state index in [9.17, 15) is 9.66 Å². The van der Waals surface area contributed by atoms with Crippen molar-refractivity contribution >= 4 is 45.5 Å². The Morgan fingerprint density at radius 1 is 1.14 bits per heavy atom. The number of benzene rings is 1. The van der Waals surface area contributed by atoms with Gasteiger partial charge < -0.3 is 24.8 Å². The molecule has 1 aliphatic rings. The van der Waals surface area contributed by atoms with Gasteiger partial charge in [-0.1, -0.05) is 29.4 Å². The molecule has 1 aromatic carbocycles. The predicted molar refractivity (Wildman–Crippen MR) is 115 cm³/mol. The lowest BCUT2D eigenvalue weighted by molar-refractivity contribution is 0.311. The Balaban J connectivity index is 1.82. The Kier molecular flexibility index (Phi) is 5.93. The van der Waals surface area contributed by atoms with E-state index in [1.165, 1.54) is 6.33 Å². The number of nitrogens with zero attached hydrogens (tertiary/aromatic N) is 6. The van der Waals surface area contributed by atoms with Gasteiger partial charge in [0, 0.05) is 19.3 Å². The molecular formula is C19H23N7O2S. The molecule has 0 saturated carbocycles. The fourth-order valence-corrected chi connectivity index (χ4v) is 4.31. The molecule has 3 heterocycles. The van der Waals surface area contributed by atoms with E-state index in [2.05, 4.69) is 30.2 Å². The average molecular weight is 414 g/mol. The first-order valence-corrected chi connectivity index (χ1v) is 10.9. The maximum Gasteiger partial charge on any atom is 0.225 e. The van der Waals surface area contributed by atoms with Crippen LogP contribution in [0.15, 0.2) is 36.7 Å². The lowest BCUT2D eigenvalue weighted by atomic mass is 10.2. The van der Waals surface area contributed by atoms with Crippen molar-refractivity contribution in [3.63, 3.8) is 0 Å². The van der Waals surface area contributed by atoms with Gasteiger partial charge in [-0.15, -0.1) is 0 Å². The summed E-state index contributed by atoms with van der Waals surface area (Å²) in [5, 5.41) is 12.2. The van der Waals surface area contributed by atoms with Gasteiger partial charge in [-0.3, -0.25) is 0 Å². The van der Waals surface area contributed by atoms with Crippen LogP contribution in [0.4, 0.5) is 23.3 Å². The fraction of sp³-hybridized carbons (Fsp3) is 0.368. The van der Waals surface area contributed by atoms with Crippen LogP contribution in [-0.2, 0) is 11.2 Å². The molecule has 152 valence electrons. The number of aliphatic hydroxyl groups excluding tert-OH is 1. The van der Waals surface area contributed by atoms with Crippen LogP contribution in [0.25, 0.3) is 11.0 Å². The van der Waals surface area contributed by atoms with Crippen LogP contribution < -0.4 is 15.1 Å². The Bertz CT molecular complexity index is 967. The van der Waals surface area contributed by atoms with Gasteiger partial charge in [0.15, 0.2) is 11.6 Å². The number of aromatic nitrogens is 4. The summed E-state index contributed by atoms with van der Waals surface area (Å²) >= 11 is -0.790. The van der Waals surface area contributed by atoms with Crippen molar-refractivity contribution in [3.8, 4) is 0 Å². The second kappa shape index (κ2) is 8.76. The lowest BCUT2D eigenvalue weighted by Crippen LogP contribution is -2.41. The molecule has 10 heteroatoms. The quantitative estimate of drug-likeness (QED) is 0.575. The van der Waals surface area contributed by atoms with Gasteiger partial charge in [-0.25, -0.2) is 15.0 Å². The third kappa shape index (κ3) is 4.19. The van der Waals surface area contributed by atoms with Crippen LogP contribution in [0.3, 0.4) is 0 Å². The largest absolute Gasteiger partial charge is 0.616 e. The second-order valence-electron chi connectivity index (χ2n) is 6.65. The maximum absolute atomic E-state index is 11.8. The summed E-state index contributed by atoms with van der Waals surface area (Å²) in [5.41, 5.74) is 2.25. The zero-order chi connectivity index (χ0) is 20.2. The molecule has 2 N–H and O–H groups in total. The van der Waals surface area contributed by atoms with Gasteiger partial charge >= 0.3 is 0 Å². The molecule has 2 aromatic heterocycles. The van der Waals surface area contributed by atoms with Gasteiger partial charge in [0.25, 0.3) is 0 Å². The van der Waals surface area contributed by atoms with E-state index in [1.54, 1.807) is 0 Å². The van der Waals surface area contributed by atoms with Crippen molar-refractivity contribution in [1.82, 2.24) is 19.9 Å². The smallest absolute Gasteiger partial charge is 0.225 e. The summed E-state index contributed by atoms with van der Waals surface area (Å²) in [6.07, 6.45) is 1.52. The molecule has 9 nitrogen and oxygen atoms in total. The third-order valence-corrected chi connectivity index (χ3v) is 6.05.